The quantitative estimate of drug-likeness (QED) is 0.380. The largest absolute Gasteiger partial charge is 0.488 e. The third-order valence-corrected chi connectivity index (χ3v) is 10.1. The minimum atomic E-state index is -0.520. The van der Waals surface area contributed by atoms with Crippen LogP contribution in [0.15, 0.2) is 54.2 Å². The van der Waals surface area contributed by atoms with Crippen LogP contribution >= 0.6 is 11.3 Å². The van der Waals surface area contributed by atoms with E-state index in [0.29, 0.717) is 54.2 Å². The first-order chi connectivity index (χ1) is 21.0. The highest BCUT2D eigenvalue weighted by Crippen LogP contribution is 2.41. The summed E-state index contributed by atoms with van der Waals surface area (Å²) in [6, 6.07) is 12.3. The van der Waals surface area contributed by atoms with Gasteiger partial charge in [-0.2, -0.15) is 0 Å². The molecule has 1 saturated carbocycles. The molecule has 9 nitrogen and oxygen atoms in total. The van der Waals surface area contributed by atoms with Crippen LogP contribution in [0.2, 0.25) is 0 Å². The lowest BCUT2D eigenvalue weighted by Gasteiger charge is -2.41. The Hall–Kier alpha value is -4.05. The molecule has 0 unspecified atom stereocenters. The molecule has 4 amide bonds. The number of fused-ring (bicyclic) bond motifs is 2. The maximum atomic E-state index is 14.1. The lowest BCUT2D eigenvalue weighted by atomic mass is 9.85. The molecule has 7 rings (SSSR count). The molecule has 4 heterocycles. The predicted octanol–water partition coefficient (Wildman–Crippen LogP) is 4.74. The molecule has 222 valence electrons. The summed E-state index contributed by atoms with van der Waals surface area (Å²) in [5, 5.41) is 0. The maximum Gasteiger partial charge on any atom is 0.265 e. The number of ether oxygens (including phenoxy) is 1. The van der Waals surface area contributed by atoms with Gasteiger partial charge in [-0.1, -0.05) is 43.5 Å². The van der Waals surface area contributed by atoms with Crippen LogP contribution in [0.3, 0.4) is 0 Å². The summed E-state index contributed by atoms with van der Waals surface area (Å²) in [5.74, 6) is 0.000327. The highest BCUT2D eigenvalue weighted by molar-refractivity contribution is 7.11. The van der Waals surface area contributed by atoms with Gasteiger partial charge in [0.15, 0.2) is 0 Å². The first-order valence-electron chi connectivity index (χ1n) is 15.2. The second kappa shape index (κ2) is 11.6. The van der Waals surface area contributed by atoms with Crippen LogP contribution in [0.4, 0.5) is 0 Å². The zero-order valence-corrected chi connectivity index (χ0v) is 24.8. The van der Waals surface area contributed by atoms with Gasteiger partial charge in [0.2, 0.25) is 5.91 Å². The molecule has 3 aromatic rings. The van der Waals surface area contributed by atoms with Crippen molar-refractivity contribution in [2.75, 3.05) is 26.2 Å². The lowest BCUT2D eigenvalue weighted by molar-refractivity contribution is -0.140. The Balaban J connectivity index is 1.19. The Labute approximate surface area is 254 Å². The smallest absolute Gasteiger partial charge is 0.265 e. The maximum absolute atomic E-state index is 14.1. The minimum absolute atomic E-state index is 0.0450. The molecule has 0 spiro atoms. The van der Waals surface area contributed by atoms with Gasteiger partial charge in [-0.15, -0.1) is 11.3 Å². The molecule has 43 heavy (non-hydrogen) atoms. The van der Waals surface area contributed by atoms with Crippen LogP contribution in [0.25, 0.3) is 0 Å². The van der Waals surface area contributed by atoms with Crippen molar-refractivity contribution in [2.45, 2.75) is 57.1 Å². The third kappa shape index (κ3) is 5.11. The van der Waals surface area contributed by atoms with Crippen LogP contribution < -0.4 is 4.74 Å². The monoisotopic (exact) mass is 598 g/mol. The first kappa shape index (κ1) is 27.8. The fourth-order valence-corrected chi connectivity index (χ4v) is 7.71. The van der Waals surface area contributed by atoms with Gasteiger partial charge in [-0.05, 0) is 43.0 Å². The summed E-state index contributed by atoms with van der Waals surface area (Å²) >= 11 is 1.33. The molecule has 2 fully saturated rings. The van der Waals surface area contributed by atoms with Gasteiger partial charge >= 0.3 is 0 Å². The van der Waals surface area contributed by atoms with Crippen molar-refractivity contribution < 1.29 is 23.9 Å². The number of imide groups is 1. The van der Waals surface area contributed by atoms with E-state index in [4.69, 9.17) is 4.74 Å². The highest BCUT2D eigenvalue weighted by atomic mass is 32.1. The number of rotatable bonds is 6. The Morgan fingerprint density at radius 2 is 1.70 bits per heavy atom. The molecule has 0 bridgehead atoms. The number of hydrogen-bond donors (Lipinski definition) is 0. The van der Waals surface area contributed by atoms with Gasteiger partial charge in [0.05, 0.1) is 42.0 Å². The summed E-state index contributed by atoms with van der Waals surface area (Å²) in [6.45, 7) is 1.63. The second-order valence-electron chi connectivity index (χ2n) is 11.9. The van der Waals surface area contributed by atoms with E-state index < -0.39 is 6.04 Å². The SMILES string of the molecule is O=C(c1cncs1)N1CC[C@H](Oc2cccc3c2[C@@H](CN2C(=O)c4ccccc4C2=O)N(C(=O)C2CCCCC2)CC3)C1. The average molecular weight is 599 g/mol. The number of thiazole rings is 1. The van der Waals surface area contributed by atoms with E-state index in [-0.39, 0.29) is 42.2 Å². The van der Waals surface area contributed by atoms with E-state index >= 15 is 0 Å². The number of hydrogen-bond acceptors (Lipinski definition) is 7. The molecule has 3 aliphatic heterocycles. The van der Waals surface area contributed by atoms with Gasteiger partial charge in [0.25, 0.3) is 17.7 Å². The Bertz CT molecular complexity index is 1530. The van der Waals surface area contributed by atoms with Crippen LogP contribution in [-0.2, 0) is 11.2 Å². The van der Waals surface area contributed by atoms with Gasteiger partial charge < -0.3 is 14.5 Å². The molecular formula is C33H34N4O5S. The average Bonchev–Trinajstić information content (AvgIpc) is 3.80. The van der Waals surface area contributed by atoms with E-state index in [1.54, 1.807) is 40.9 Å². The highest BCUT2D eigenvalue weighted by Gasteiger charge is 2.43. The number of amides is 4. The summed E-state index contributed by atoms with van der Waals surface area (Å²) < 4.78 is 6.62. The molecule has 0 N–H and O–H groups in total. The van der Waals surface area contributed by atoms with E-state index in [1.807, 2.05) is 23.1 Å². The van der Waals surface area contributed by atoms with Crippen molar-refractivity contribution in [3.05, 3.63) is 81.3 Å². The number of carbonyl (C=O) groups is 4. The molecular weight excluding hydrogens is 564 g/mol. The van der Waals surface area contributed by atoms with Crippen LogP contribution in [0.1, 0.15) is 86.1 Å². The molecule has 10 heteroatoms. The number of likely N-dealkylation sites (tertiary alicyclic amines) is 1. The van der Waals surface area contributed by atoms with Gasteiger partial charge in [-0.3, -0.25) is 29.1 Å². The Morgan fingerprint density at radius 1 is 0.930 bits per heavy atom. The third-order valence-electron chi connectivity index (χ3n) is 9.33. The summed E-state index contributed by atoms with van der Waals surface area (Å²) in [6.07, 6.45) is 7.69. The van der Waals surface area contributed by atoms with E-state index in [1.165, 1.54) is 16.2 Å². The number of carbonyl (C=O) groups excluding carboxylic acids is 4. The Kier molecular flexibility index (Phi) is 7.46. The minimum Gasteiger partial charge on any atom is -0.488 e. The fraction of sp³-hybridized carbons (Fsp3) is 0.424. The fourth-order valence-electron chi connectivity index (χ4n) is 7.12. The van der Waals surface area contributed by atoms with Crippen molar-refractivity contribution >= 4 is 35.0 Å². The standard InChI is InChI=1S/C33H34N4O5S/c38-30(22-7-2-1-3-8-22)36-16-13-21-9-6-12-27(42-23-14-15-35(18-23)33(41)28-17-34-20-43-28)29(21)26(36)19-37-31(39)24-10-4-5-11-25(24)32(37)40/h4-6,9-12,17,20,22-23,26H,1-3,7-8,13-16,18-19H2/t23-,26+/m0/s1. The van der Waals surface area contributed by atoms with Crippen molar-refractivity contribution in [1.82, 2.24) is 19.7 Å². The molecule has 1 saturated heterocycles. The first-order valence-corrected chi connectivity index (χ1v) is 16.1. The van der Waals surface area contributed by atoms with Crippen molar-refractivity contribution in [1.29, 1.82) is 0 Å². The number of aromatic nitrogens is 1. The van der Waals surface area contributed by atoms with E-state index in [2.05, 4.69) is 4.98 Å². The van der Waals surface area contributed by atoms with Crippen molar-refractivity contribution in [2.24, 2.45) is 5.92 Å². The summed E-state index contributed by atoms with van der Waals surface area (Å²) in [5.41, 5.74) is 4.37. The molecule has 2 aromatic carbocycles. The van der Waals surface area contributed by atoms with Gasteiger partial charge in [0, 0.05) is 31.0 Å². The van der Waals surface area contributed by atoms with Gasteiger partial charge in [0.1, 0.15) is 16.7 Å². The van der Waals surface area contributed by atoms with Crippen LogP contribution in [0, 0.1) is 5.92 Å². The zero-order valence-electron chi connectivity index (χ0n) is 23.9. The molecule has 1 aliphatic carbocycles. The predicted molar refractivity (Wildman–Crippen MR) is 160 cm³/mol. The molecule has 1 aromatic heterocycles. The lowest BCUT2D eigenvalue weighted by Crippen LogP contribution is -2.48. The van der Waals surface area contributed by atoms with Crippen LogP contribution in [-0.4, -0.2) is 75.6 Å². The Morgan fingerprint density at radius 3 is 2.42 bits per heavy atom. The van der Waals surface area contributed by atoms with E-state index in [0.717, 1.165) is 43.2 Å². The zero-order chi connectivity index (χ0) is 29.5. The van der Waals surface area contributed by atoms with E-state index in [9.17, 15) is 19.2 Å². The topological polar surface area (TPSA) is 100 Å². The molecule has 2 atom stereocenters. The van der Waals surface area contributed by atoms with Crippen molar-refractivity contribution in [3.63, 3.8) is 0 Å². The molecule has 4 aliphatic rings. The summed E-state index contributed by atoms with van der Waals surface area (Å²) in [7, 11) is 0. The number of nitrogens with zero attached hydrogens (tertiary/aromatic N) is 4. The summed E-state index contributed by atoms with van der Waals surface area (Å²) in [4.78, 5) is 63.6. The van der Waals surface area contributed by atoms with Crippen molar-refractivity contribution in [3.8, 4) is 5.75 Å². The molecule has 0 radical (unpaired) electrons. The second-order valence-corrected chi connectivity index (χ2v) is 12.8. The normalized spacial score (nSPS) is 22.1. The number of benzene rings is 2. The van der Waals surface area contributed by atoms with Gasteiger partial charge in [-0.25, -0.2) is 0 Å². The van der Waals surface area contributed by atoms with Crippen LogP contribution in [0.5, 0.6) is 5.75 Å².